The first-order chi connectivity index (χ1) is 17.9. The van der Waals surface area contributed by atoms with E-state index in [-0.39, 0.29) is 20.1 Å². The van der Waals surface area contributed by atoms with Crippen LogP contribution in [0.4, 0.5) is 0 Å². The van der Waals surface area contributed by atoms with Crippen molar-refractivity contribution in [3.05, 3.63) is 164 Å². The van der Waals surface area contributed by atoms with Crippen LogP contribution in [0.1, 0.15) is 0 Å². The fraction of sp³-hybridized carbons (Fsp3) is 0. The van der Waals surface area contributed by atoms with Crippen molar-refractivity contribution in [2.24, 2.45) is 0 Å². The predicted octanol–water partition coefficient (Wildman–Crippen LogP) is 7.84. The van der Waals surface area contributed by atoms with E-state index in [1.165, 1.54) is 0 Å². The minimum Gasteiger partial charge on any atom is -0.305 e. The van der Waals surface area contributed by atoms with E-state index in [0.717, 1.165) is 33.8 Å². The summed E-state index contributed by atoms with van der Waals surface area (Å²) in [5, 5.41) is 0. The average Bonchev–Trinajstić information content (AvgIpc) is 3.01. The summed E-state index contributed by atoms with van der Waals surface area (Å²) in [6.45, 7) is 0. The zero-order chi connectivity index (χ0) is 24.7. The van der Waals surface area contributed by atoms with Crippen LogP contribution in [0.5, 0.6) is 0 Å². The van der Waals surface area contributed by atoms with Crippen LogP contribution in [0, 0.1) is 12.1 Å². The Morgan fingerprint density at radius 2 is 0.784 bits per heavy atom. The predicted molar refractivity (Wildman–Crippen MR) is 147 cm³/mol. The molecule has 0 amide bonds. The zero-order valence-corrected chi connectivity index (χ0v) is 22.5. The summed E-state index contributed by atoms with van der Waals surface area (Å²) in [7, 11) is 0. The van der Waals surface area contributed by atoms with Crippen LogP contribution in [0.2, 0.25) is 0 Å². The molecule has 6 rings (SSSR count). The van der Waals surface area contributed by atoms with Gasteiger partial charge in [0.1, 0.15) is 0 Å². The molecule has 3 aromatic carbocycles. The van der Waals surface area contributed by atoms with Gasteiger partial charge in [-0.2, -0.15) is 0 Å². The molecular formula is C33H25IrN3-2. The molecule has 0 unspecified atom stereocenters. The smallest absolute Gasteiger partial charge is 0.0701 e. The van der Waals surface area contributed by atoms with Crippen molar-refractivity contribution in [3.63, 3.8) is 0 Å². The number of benzene rings is 3. The van der Waals surface area contributed by atoms with Crippen molar-refractivity contribution in [2.45, 2.75) is 0 Å². The number of rotatable bonds is 3. The van der Waals surface area contributed by atoms with E-state index in [4.69, 9.17) is 0 Å². The molecule has 4 heteroatoms. The average molecular weight is 656 g/mol. The second-order valence-electron chi connectivity index (χ2n) is 7.56. The second kappa shape index (κ2) is 15.7. The largest absolute Gasteiger partial charge is 0.305 e. The van der Waals surface area contributed by atoms with Gasteiger partial charge in [0.15, 0.2) is 0 Å². The van der Waals surface area contributed by atoms with Crippen LogP contribution < -0.4 is 0 Å². The molecule has 0 fully saturated rings. The van der Waals surface area contributed by atoms with Crippen molar-refractivity contribution < 1.29 is 20.1 Å². The maximum atomic E-state index is 4.25. The second-order valence-corrected chi connectivity index (χ2v) is 7.56. The molecule has 183 valence electrons. The summed E-state index contributed by atoms with van der Waals surface area (Å²) in [5.41, 5.74) is 6.21. The summed E-state index contributed by atoms with van der Waals surface area (Å²) in [6.07, 6.45) is 5.38. The van der Waals surface area contributed by atoms with Crippen molar-refractivity contribution in [2.75, 3.05) is 0 Å². The van der Waals surface area contributed by atoms with Crippen molar-refractivity contribution in [1.29, 1.82) is 0 Å². The van der Waals surface area contributed by atoms with E-state index in [2.05, 4.69) is 39.2 Å². The first kappa shape index (κ1) is 27.3. The molecule has 0 saturated carbocycles. The van der Waals surface area contributed by atoms with Crippen LogP contribution in [0.15, 0.2) is 152 Å². The van der Waals surface area contributed by atoms with E-state index in [1.54, 1.807) is 12.4 Å². The van der Waals surface area contributed by atoms with E-state index in [0.29, 0.717) is 0 Å². The van der Waals surface area contributed by atoms with E-state index in [9.17, 15) is 0 Å². The van der Waals surface area contributed by atoms with Crippen LogP contribution in [-0.4, -0.2) is 15.0 Å². The third-order valence-electron chi connectivity index (χ3n) is 5.03. The maximum absolute atomic E-state index is 4.25. The minimum atomic E-state index is 0. The molecule has 3 aromatic heterocycles. The molecule has 0 bridgehead atoms. The fourth-order valence-corrected chi connectivity index (χ4v) is 3.29. The molecule has 3 heterocycles. The van der Waals surface area contributed by atoms with Gasteiger partial charge in [-0.1, -0.05) is 60.7 Å². The topological polar surface area (TPSA) is 38.7 Å². The molecule has 37 heavy (non-hydrogen) atoms. The van der Waals surface area contributed by atoms with E-state index < -0.39 is 0 Å². The molecule has 0 aliphatic carbocycles. The number of pyridine rings is 3. The Bertz CT molecular complexity index is 1090. The van der Waals surface area contributed by atoms with Gasteiger partial charge in [0.2, 0.25) is 0 Å². The normalized spacial score (nSPS) is 9.41. The van der Waals surface area contributed by atoms with E-state index in [1.807, 2.05) is 128 Å². The van der Waals surface area contributed by atoms with Gasteiger partial charge in [0, 0.05) is 44.3 Å². The summed E-state index contributed by atoms with van der Waals surface area (Å²) < 4.78 is 0. The first-order valence-electron chi connectivity index (χ1n) is 11.6. The van der Waals surface area contributed by atoms with Crippen molar-refractivity contribution >= 4 is 0 Å². The van der Waals surface area contributed by atoms with Gasteiger partial charge in [-0.15, -0.1) is 71.8 Å². The molecule has 0 aliphatic rings. The number of nitrogens with zero attached hydrogens (tertiary/aromatic N) is 3. The van der Waals surface area contributed by atoms with Crippen LogP contribution in [-0.2, 0) is 20.1 Å². The number of hydrogen-bond donors (Lipinski definition) is 0. The monoisotopic (exact) mass is 656 g/mol. The molecular weight excluding hydrogens is 631 g/mol. The molecule has 1 radical (unpaired) electrons. The molecule has 0 atom stereocenters. The van der Waals surface area contributed by atoms with Gasteiger partial charge >= 0.3 is 0 Å². The van der Waals surface area contributed by atoms with Gasteiger partial charge in [-0.3, -0.25) is 4.98 Å². The van der Waals surface area contributed by atoms with Gasteiger partial charge in [-0.25, -0.2) is 0 Å². The molecule has 0 aliphatic heterocycles. The van der Waals surface area contributed by atoms with Crippen LogP contribution in [0.25, 0.3) is 33.8 Å². The Morgan fingerprint density at radius 3 is 1.16 bits per heavy atom. The van der Waals surface area contributed by atoms with Crippen LogP contribution >= 0.6 is 0 Å². The Kier molecular flexibility index (Phi) is 11.6. The van der Waals surface area contributed by atoms with Gasteiger partial charge in [-0.05, 0) is 35.7 Å². The fourth-order valence-electron chi connectivity index (χ4n) is 3.29. The number of aromatic nitrogens is 3. The van der Waals surface area contributed by atoms with Crippen molar-refractivity contribution in [1.82, 2.24) is 15.0 Å². The van der Waals surface area contributed by atoms with Crippen molar-refractivity contribution in [3.8, 4) is 33.8 Å². The minimum absolute atomic E-state index is 0. The quantitative estimate of drug-likeness (QED) is 0.183. The number of hydrogen-bond acceptors (Lipinski definition) is 3. The Labute approximate surface area is 232 Å². The van der Waals surface area contributed by atoms with Gasteiger partial charge in [0.05, 0.1) is 5.69 Å². The zero-order valence-electron chi connectivity index (χ0n) is 20.1. The summed E-state index contributed by atoms with van der Waals surface area (Å²) in [6, 6.07) is 49.7. The third kappa shape index (κ3) is 9.05. The summed E-state index contributed by atoms with van der Waals surface area (Å²) >= 11 is 0. The Balaban J connectivity index is 0.000000152. The summed E-state index contributed by atoms with van der Waals surface area (Å²) in [5.74, 6) is 0. The third-order valence-corrected chi connectivity index (χ3v) is 5.03. The van der Waals surface area contributed by atoms with Gasteiger partial charge in [0.25, 0.3) is 0 Å². The maximum Gasteiger partial charge on any atom is 0.0701 e. The van der Waals surface area contributed by atoms with E-state index >= 15 is 0 Å². The SMILES string of the molecule is [Ir].[c-]1ccccc1-c1ccccn1.[c-]1ccccc1-c1ccccn1.c1ccc(-c2ccccn2)cc1. The summed E-state index contributed by atoms with van der Waals surface area (Å²) in [4.78, 5) is 12.7. The van der Waals surface area contributed by atoms with Crippen LogP contribution in [0.3, 0.4) is 0 Å². The first-order valence-corrected chi connectivity index (χ1v) is 11.6. The molecule has 0 spiro atoms. The Morgan fingerprint density at radius 1 is 0.378 bits per heavy atom. The Hall–Kier alpha value is -4.24. The molecule has 0 saturated heterocycles. The van der Waals surface area contributed by atoms with Gasteiger partial charge < -0.3 is 9.97 Å². The standard InChI is InChI=1S/C11H9N.2C11H8N.Ir/c3*1-2-6-10(7-3-1)11-8-4-5-9-12-11;/h1-9H;2*1-6,8-9H;/q;2*-1;. The molecule has 3 nitrogen and oxygen atoms in total. The molecule has 0 N–H and O–H groups in total. The molecule has 6 aromatic rings.